The van der Waals surface area contributed by atoms with Crippen molar-refractivity contribution in [3.63, 3.8) is 0 Å². The van der Waals surface area contributed by atoms with E-state index in [9.17, 15) is 4.79 Å². The minimum atomic E-state index is 0.190. The van der Waals surface area contributed by atoms with Crippen LogP contribution in [0.2, 0.25) is 0 Å². The highest BCUT2D eigenvalue weighted by molar-refractivity contribution is 5.78. The fourth-order valence-corrected chi connectivity index (χ4v) is 5.56. The zero-order chi connectivity index (χ0) is 23.3. The second kappa shape index (κ2) is 10.6. The van der Waals surface area contributed by atoms with E-state index in [1.807, 2.05) is 11.0 Å². The normalized spacial score (nSPS) is 16.9. The molecule has 1 fully saturated rings. The van der Waals surface area contributed by atoms with Crippen LogP contribution in [0.1, 0.15) is 61.5 Å². The van der Waals surface area contributed by atoms with Crippen molar-refractivity contribution in [3.8, 4) is 5.69 Å². The van der Waals surface area contributed by atoms with Crippen molar-refractivity contribution in [1.82, 2.24) is 19.6 Å². The number of amides is 1. The van der Waals surface area contributed by atoms with Gasteiger partial charge in [0, 0.05) is 44.1 Å². The van der Waals surface area contributed by atoms with Crippen LogP contribution in [-0.2, 0) is 30.8 Å². The van der Waals surface area contributed by atoms with E-state index in [1.54, 1.807) is 0 Å². The molecule has 5 nitrogen and oxygen atoms in total. The van der Waals surface area contributed by atoms with Gasteiger partial charge in [0.05, 0.1) is 23.6 Å². The first-order valence-electron chi connectivity index (χ1n) is 12.9. The molecule has 0 atom stereocenters. The van der Waals surface area contributed by atoms with Crippen LogP contribution in [-0.4, -0.2) is 38.6 Å². The number of hydrogen-bond donors (Lipinski definition) is 0. The van der Waals surface area contributed by atoms with Gasteiger partial charge in [-0.15, -0.1) is 0 Å². The summed E-state index contributed by atoms with van der Waals surface area (Å²) in [7, 11) is 0. The predicted molar refractivity (Wildman–Crippen MR) is 135 cm³/mol. The molecule has 1 aliphatic carbocycles. The Hall–Kier alpha value is -2.92. The summed E-state index contributed by atoms with van der Waals surface area (Å²) in [5, 5.41) is 5.11. The first kappa shape index (κ1) is 22.9. The lowest BCUT2D eigenvalue weighted by Gasteiger charge is -2.30. The van der Waals surface area contributed by atoms with E-state index < -0.39 is 0 Å². The molecular formula is C29H36N4O. The average molecular weight is 457 g/mol. The van der Waals surface area contributed by atoms with E-state index in [-0.39, 0.29) is 5.92 Å². The monoisotopic (exact) mass is 456 g/mol. The van der Waals surface area contributed by atoms with Gasteiger partial charge in [-0.1, -0.05) is 67.8 Å². The molecule has 0 radical (unpaired) electrons. The number of carbonyl (C=O) groups excluding carboxylic acids is 1. The summed E-state index contributed by atoms with van der Waals surface area (Å²) >= 11 is 0. The maximum atomic E-state index is 13.4. The molecule has 1 aromatic heterocycles. The summed E-state index contributed by atoms with van der Waals surface area (Å²) in [6, 6.07) is 21.1. The summed E-state index contributed by atoms with van der Waals surface area (Å²) in [4.78, 5) is 17.9. The van der Waals surface area contributed by atoms with Crippen molar-refractivity contribution in [2.75, 3.05) is 13.1 Å². The van der Waals surface area contributed by atoms with Gasteiger partial charge in [0.2, 0.25) is 5.91 Å². The summed E-state index contributed by atoms with van der Waals surface area (Å²) in [6.07, 6.45) is 6.67. The maximum Gasteiger partial charge on any atom is 0.226 e. The first-order valence-corrected chi connectivity index (χ1v) is 12.9. The van der Waals surface area contributed by atoms with Crippen LogP contribution >= 0.6 is 0 Å². The van der Waals surface area contributed by atoms with Crippen LogP contribution < -0.4 is 0 Å². The van der Waals surface area contributed by atoms with Crippen LogP contribution in [0.4, 0.5) is 0 Å². The standard InChI is InChI=1S/C29H36N4O/c1-2-32(29(34)24-14-8-4-9-15-24)22-27-26-21-31(20-23-12-6-3-7-13-23)19-18-28(26)33(30-27)25-16-10-5-11-17-25/h3,5-7,10-13,16-17,24H,2,4,8-9,14-15,18-22H2,1H3. The number of aromatic nitrogens is 2. The maximum absolute atomic E-state index is 13.4. The summed E-state index contributed by atoms with van der Waals surface area (Å²) in [5.41, 5.74) is 6.10. The predicted octanol–water partition coefficient (Wildman–Crippen LogP) is 5.36. The lowest BCUT2D eigenvalue weighted by Crippen LogP contribution is -2.37. The smallest absolute Gasteiger partial charge is 0.226 e. The third-order valence-electron chi connectivity index (χ3n) is 7.46. The molecular weight excluding hydrogens is 420 g/mol. The molecule has 0 bridgehead atoms. The zero-order valence-electron chi connectivity index (χ0n) is 20.3. The van der Waals surface area contributed by atoms with Crippen LogP contribution in [0.3, 0.4) is 0 Å². The summed E-state index contributed by atoms with van der Waals surface area (Å²) < 4.78 is 2.13. The Kier molecular flexibility index (Phi) is 7.10. The highest BCUT2D eigenvalue weighted by Crippen LogP contribution is 2.29. The topological polar surface area (TPSA) is 41.4 Å². The van der Waals surface area contributed by atoms with Gasteiger partial charge in [-0.2, -0.15) is 5.10 Å². The molecule has 34 heavy (non-hydrogen) atoms. The van der Waals surface area contributed by atoms with Gasteiger partial charge < -0.3 is 4.90 Å². The van der Waals surface area contributed by atoms with E-state index in [2.05, 4.69) is 71.1 Å². The number of carbonyl (C=O) groups is 1. The third-order valence-corrected chi connectivity index (χ3v) is 7.46. The van der Waals surface area contributed by atoms with E-state index in [0.29, 0.717) is 12.5 Å². The van der Waals surface area contributed by atoms with Crippen molar-refractivity contribution in [2.24, 2.45) is 5.92 Å². The van der Waals surface area contributed by atoms with Gasteiger partial charge in [0.1, 0.15) is 0 Å². The highest BCUT2D eigenvalue weighted by Gasteiger charge is 2.30. The van der Waals surface area contributed by atoms with Gasteiger partial charge in [-0.05, 0) is 37.5 Å². The van der Waals surface area contributed by atoms with E-state index >= 15 is 0 Å². The molecule has 5 rings (SSSR count). The van der Waals surface area contributed by atoms with Gasteiger partial charge in [0.25, 0.3) is 0 Å². The number of benzene rings is 2. The van der Waals surface area contributed by atoms with Gasteiger partial charge in [-0.3, -0.25) is 9.69 Å². The van der Waals surface area contributed by atoms with Crippen molar-refractivity contribution >= 4 is 5.91 Å². The van der Waals surface area contributed by atoms with Gasteiger partial charge in [-0.25, -0.2) is 4.68 Å². The van der Waals surface area contributed by atoms with E-state index in [0.717, 1.165) is 56.8 Å². The van der Waals surface area contributed by atoms with Crippen molar-refractivity contribution in [1.29, 1.82) is 0 Å². The minimum Gasteiger partial charge on any atom is -0.337 e. The van der Waals surface area contributed by atoms with Crippen molar-refractivity contribution in [3.05, 3.63) is 83.2 Å². The average Bonchev–Trinajstić information content (AvgIpc) is 3.26. The molecule has 5 heteroatoms. The van der Waals surface area contributed by atoms with Crippen LogP contribution in [0, 0.1) is 5.92 Å². The number of nitrogens with zero attached hydrogens (tertiary/aromatic N) is 4. The number of fused-ring (bicyclic) bond motifs is 1. The molecule has 2 aromatic carbocycles. The number of para-hydroxylation sites is 1. The fraction of sp³-hybridized carbons (Fsp3) is 0.448. The van der Waals surface area contributed by atoms with Crippen LogP contribution in [0.15, 0.2) is 60.7 Å². The summed E-state index contributed by atoms with van der Waals surface area (Å²) in [5.74, 6) is 0.512. The van der Waals surface area contributed by atoms with Crippen LogP contribution in [0.25, 0.3) is 5.69 Å². The van der Waals surface area contributed by atoms with Gasteiger partial charge >= 0.3 is 0 Å². The Morgan fingerprint density at radius 1 is 1.00 bits per heavy atom. The Balaban J connectivity index is 1.43. The lowest BCUT2D eigenvalue weighted by atomic mass is 9.88. The highest BCUT2D eigenvalue weighted by atomic mass is 16.2. The molecule has 2 aliphatic rings. The minimum absolute atomic E-state index is 0.190. The molecule has 178 valence electrons. The molecule has 1 amide bonds. The molecule has 0 saturated heterocycles. The molecule has 3 aromatic rings. The number of hydrogen-bond acceptors (Lipinski definition) is 3. The Labute approximate surface area is 203 Å². The lowest BCUT2D eigenvalue weighted by molar-refractivity contribution is -0.137. The zero-order valence-corrected chi connectivity index (χ0v) is 20.3. The first-order chi connectivity index (χ1) is 16.7. The third kappa shape index (κ3) is 4.95. The second-order valence-corrected chi connectivity index (χ2v) is 9.75. The van der Waals surface area contributed by atoms with Gasteiger partial charge in [0.15, 0.2) is 0 Å². The fourth-order valence-electron chi connectivity index (χ4n) is 5.56. The number of rotatable bonds is 7. The molecule has 1 saturated carbocycles. The Bertz CT molecular complexity index is 1090. The van der Waals surface area contributed by atoms with Crippen molar-refractivity contribution < 1.29 is 4.79 Å². The molecule has 0 spiro atoms. The SMILES string of the molecule is CCN(Cc1nn(-c2ccccc2)c2c1CN(Cc1ccccc1)CC2)C(=O)C1CCCCC1. The quantitative estimate of drug-likeness (QED) is 0.481. The molecule has 1 aliphatic heterocycles. The van der Waals surface area contributed by atoms with E-state index in [1.165, 1.54) is 36.1 Å². The van der Waals surface area contributed by atoms with Crippen LogP contribution in [0.5, 0.6) is 0 Å². The second-order valence-electron chi connectivity index (χ2n) is 9.75. The molecule has 0 N–H and O–H groups in total. The summed E-state index contributed by atoms with van der Waals surface area (Å²) in [6.45, 7) is 6.26. The Morgan fingerprint density at radius 3 is 2.41 bits per heavy atom. The largest absolute Gasteiger partial charge is 0.337 e. The Morgan fingerprint density at radius 2 is 1.71 bits per heavy atom. The van der Waals surface area contributed by atoms with E-state index in [4.69, 9.17) is 5.10 Å². The van der Waals surface area contributed by atoms with Crippen molar-refractivity contribution in [2.45, 2.75) is 65.1 Å². The molecule has 0 unspecified atom stereocenters. The molecule has 2 heterocycles.